The second-order valence-corrected chi connectivity index (χ2v) is 3.33. The molecule has 1 unspecified atom stereocenters. The SMILES string of the molecule is COC(COc1ccc([N+](=O)[O-])cc1)C(F)(F)F. The minimum absolute atomic E-state index is 0.104. The van der Waals surface area contributed by atoms with Gasteiger partial charge in [0.2, 0.25) is 0 Å². The number of nitro groups is 1. The van der Waals surface area contributed by atoms with Crippen LogP contribution in [0.4, 0.5) is 18.9 Å². The van der Waals surface area contributed by atoms with Crippen LogP contribution in [0.5, 0.6) is 5.75 Å². The first kappa shape index (κ1) is 14.2. The molecule has 1 atom stereocenters. The highest BCUT2D eigenvalue weighted by molar-refractivity contribution is 5.35. The molecule has 0 radical (unpaired) electrons. The van der Waals surface area contributed by atoms with Crippen molar-refractivity contribution in [3.8, 4) is 5.75 Å². The Hall–Kier alpha value is -1.83. The van der Waals surface area contributed by atoms with Gasteiger partial charge in [-0.15, -0.1) is 0 Å². The van der Waals surface area contributed by atoms with Crippen LogP contribution in [-0.4, -0.2) is 30.9 Å². The van der Waals surface area contributed by atoms with Crippen LogP contribution in [0.2, 0.25) is 0 Å². The summed E-state index contributed by atoms with van der Waals surface area (Å²) in [4.78, 5) is 9.74. The molecule has 0 saturated carbocycles. The summed E-state index contributed by atoms with van der Waals surface area (Å²) < 4.78 is 46.0. The first-order chi connectivity index (χ1) is 8.34. The van der Waals surface area contributed by atoms with E-state index in [0.717, 1.165) is 19.2 Å². The van der Waals surface area contributed by atoms with Crippen molar-refractivity contribution >= 4 is 5.69 Å². The van der Waals surface area contributed by atoms with Crippen molar-refractivity contribution < 1.29 is 27.6 Å². The second-order valence-electron chi connectivity index (χ2n) is 3.33. The fraction of sp³-hybridized carbons (Fsp3) is 0.400. The van der Waals surface area contributed by atoms with Crippen molar-refractivity contribution in [3.05, 3.63) is 34.4 Å². The molecular formula is C10H10F3NO4. The van der Waals surface area contributed by atoms with E-state index in [0.29, 0.717) is 0 Å². The number of hydrogen-bond acceptors (Lipinski definition) is 4. The molecule has 0 spiro atoms. The zero-order valence-electron chi connectivity index (χ0n) is 9.31. The van der Waals surface area contributed by atoms with Gasteiger partial charge < -0.3 is 9.47 Å². The van der Waals surface area contributed by atoms with Gasteiger partial charge >= 0.3 is 6.18 Å². The lowest BCUT2D eigenvalue weighted by molar-refractivity contribution is -0.384. The highest BCUT2D eigenvalue weighted by Gasteiger charge is 2.40. The van der Waals surface area contributed by atoms with Crippen molar-refractivity contribution in [3.63, 3.8) is 0 Å². The molecule has 0 saturated heterocycles. The smallest absolute Gasteiger partial charge is 0.417 e. The van der Waals surface area contributed by atoms with Gasteiger partial charge in [-0.05, 0) is 12.1 Å². The number of rotatable bonds is 5. The average Bonchev–Trinajstić information content (AvgIpc) is 2.28. The molecule has 0 bridgehead atoms. The first-order valence-corrected chi connectivity index (χ1v) is 4.81. The summed E-state index contributed by atoms with van der Waals surface area (Å²) in [5.74, 6) is 0.104. The minimum atomic E-state index is -4.52. The van der Waals surface area contributed by atoms with Crippen molar-refractivity contribution in [1.29, 1.82) is 0 Å². The molecule has 18 heavy (non-hydrogen) atoms. The Morgan fingerprint density at radius 3 is 2.28 bits per heavy atom. The molecule has 0 amide bonds. The van der Waals surface area contributed by atoms with E-state index in [-0.39, 0.29) is 11.4 Å². The highest BCUT2D eigenvalue weighted by atomic mass is 19.4. The molecule has 100 valence electrons. The molecule has 1 aromatic carbocycles. The minimum Gasteiger partial charge on any atom is -0.491 e. The van der Waals surface area contributed by atoms with Gasteiger partial charge in [0.15, 0.2) is 6.10 Å². The van der Waals surface area contributed by atoms with Gasteiger partial charge in [0.1, 0.15) is 12.4 Å². The molecule has 0 heterocycles. The van der Waals surface area contributed by atoms with Crippen molar-refractivity contribution in [2.24, 2.45) is 0 Å². The maximum absolute atomic E-state index is 12.3. The Kier molecular flexibility index (Phi) is 4.49. The second kappa shape index (κ2) is 5.67. The molecular weight excluding hydrogens is 255 g/mol. The highest BCUT2D eigenvalue weighted by Crippen LogP contribution is 2.24. The lowest BCUT2D eigenvalue weighted by Crippen LogP contribution is -2.36. The molecule has 0 aliphatic heterocycles. The van der Waals surface area contributed by atoms with Crippen molar-refractivity contribution in [2.45, 2.75) is 12.3 Å². The van der Waals surface area contributed by atoms with Crippen LogP contribution in [0, 0.1) is 10.1 Å². The number of alkyl halides is 3. The average molecular weight is 265 g/mol. The molecule has 0 aromatic heterocycles. The Balaban J connectivity index is 2.60. The van der Waals surface area contributed by atoms with Gasteiger partial charge in [-0.1, -0.05) is 0 Å². The van der Waals surface area contributed by atoms with Crippen LogP contribution in [-0.2, 0) is 4.74 Å². The van der Waals surface area contributed by atoms with E-state index in [9.17, 15) is 23.3 Å². The van der Waals surface area contributed by atoms with Gasteiger partial charge in [0, 0.05) is 19.2 Å². The van der Waals surface area contributed by atoms with Gasteiger partial charge in [0.25, 0.3) is 5.69 Å². The van der Waals surface area contributed by atoms with E-state index < -0.39 is 23.8 Å². The molecule has 1 rings (SSSR count). The lowest BCUT2D eigenvalue weighted by atomic mass is 10.3. The topological polar surface area (TPSA) is 61.6 Å². The number of nitro benzene ring substituents is 1. The van der Waals surface area contributed by atoms with E-state index in [2.05, 4.69) is 4.74 Å². The Labute approximate surface area is 100 Å². The van der Waals surface area contributed by atoms with E-state index in [1.54, 1.807) is 0 Å². The fourth-order valence-corrected chi connectivity index (χ4v) is 1.13. The number of non-ortho nitro benzene ring substituents is 1. The van der Waals surface area contributed by atoms with Crippen molar-refractivity contribution in [1.82, 2.24) is 0 Å². The Bertz CT molecular complexity index is 405. The monoisotopic (exact) mass is 265 g/mol. The van der Waals surface area contributed by atoms with E-state index >= 15 is 0 Å². The number of hydrogen-bond donors (Lipinski definition) is 0. The molecule has 1 aromatic rings. The van der Waals surface area contributed by atoms with Gasteiger partial charge in [0.05, 0.1) is 4.92 Å². The number of ether oxygens (including phenoxy) is 2. The summed E-state index contributed by atoms with van der Waals surface area (Å²) in [6.45, 7) is -0.711. The zero-order valence-corrected chi connectivity index (χ0v) is 9.31. The molecule has 0 aliphatic carbocycles. The standard InChI is InChI=1S/C10H10F3NO4/c1-17-9(10(11,12)13)6-18-8-4-2-7(3-5-8)14(15)16/h2-5,9H,6H2,1H3. The maximum Gasteiger partial charge on any atom is 0.417 e. The third kappa shape index (κ3) is 3.88. The zero-order chi connectivity index (χ0) is 13.8. The fourth-order valence-electron chi connectivity index (χ4n) is 1.13. The summed E-state index contributed by atoms with van der Waals surface area (Å²) in [7, 11) is 0.928. The third-order valence-electron chi connectivity index (χ3n) is 2.10. The predicted molar refractivity (Wildman–Crippen MR) is 55.4 cm³/mol. The van der Waals surface area contributed by atoms with Crippen LogP contribution in [0.1, 0.15) is 0 Å². The molecule has 8 heteroatoms. The quantitative estimate of drug-likeness (QED) is 0.606. The van der Waals surface area contributed by atoms with E-state index in [4.69, 9.17) is 4.74 Å². The number of halogens is 3. The van der Waals surface area contributed by atoms with Crippen LogP contribution in [0.15, 0.2) is 24.3 Å². The van der Waals surface area contributed by atoms with Crippen LogP contribution < -0.4 is 4.74 Å². The predicted octanol–water partition coefficient (Wildman–Crippen LogP) is 2.55. The molecule has 0 aliphatic rings. The van der Waals surface area contributed by atoms with Gasteiger partial charge in [-0.2, -0.15) is 13.2 Å². The maximum atomic E-state index is 12.3. The summed E-state index contributed by atoms with van der Waals surface area (Å²) >= 11 is 0. The van der Waals surface area contributed by atoms with E-state index in [1.807, 2.05) is 0 Å². The summed E-state index contributed by atoms with van der Waals surface area (Å²) in [5, 5.41) is 10.4. The molecule has 0 N–H and O–H groups in total. The third-order valence-corrected chi connectivity index (χ3v) is 2.10. The van der Waals surface area contributed by atoms with Crippen molar-refractivity contribution in [2.75, 3.05) is 13.7 Å². The molecule has 5 nitrogen and oxygen atoms in total. The van der Waals surface area contributed by atoms with E-state index in [1.165, 1.54) is 12.1 Å². The lowest BCUT2D eigenvalue weighted by Gasteiger charge is -2.18. The summed E-state index contributed by atoms with van der Waals surface area (Å²) in [6, 6.07) is 4.73. The van der Waals surface area contributed by atoms with Crippen LogP contribution in [0.25, 0.3) is 0 Å². The normalized spacial score (nSPS) is 13.1. The van der Waals surface area contributed by atoms with Gasteiger partial charge in [-0.25, -0.2) is 0 Å². The van der Waals surface area contributed by atoms with Gasteiger partial charge in [-0.3, -0.25) is 10.1 Å². The Morgan fingerprint density at radius 2 is 1.89 bits per heavy atom. The number of benzene rings is 1. The largest absolute Gasteiger partial charge is 0.491 e. The Morgan fingerprint density at radius 1 is 1.33 bits per heavy atom. The summed E-state index contributed by atoms with van der Waals surface area (Å²) in [5.41, 5.74) is -0.165. The van der Waals surface area contributed by atoms with Crippen LogP contribution in [0.3, 0.4) is 0 Å². The molecule has 0 fully saturated rings. The number of nitrogens with zero attached hydrogens (tertiary/aromatic N) is 1. The number of methoxy groups -OCH3 is 1. The van der Waals surface area contributed by atoms with Crippen LogP contribution >= 0.6 is 0 Å². The first-order valence-electron chi connectivity index (χ1n) is 4.81. The summed E-state index contributed by atoms with van der Waals surface area (Å²) in [6.07, 6.45) is -6.55.